The molecule has 0 aromatic heterocycles. The van der Waals surface area contributed by atoms with Gasteiger partial charge in [-0.1, -0.05) is 30.3 Å². The molecule has 0 aliphatic carbocycles. The number of unbranched alkanes of at least 4 members (excludes halogenated alkanes) is 1. The predicted octanol–water partition coefficient (Wildman–Crippen LogP) is 4.10. The fourth-order valence-electron chi connectivity index (χ4n) is 4.35. The van der Waals surface area contributed by atoms with Crippen LogP contribution in [0.1, 0.15) is 86.1 Å². The third kappa shape index (κ3) is 11.9. The van der Waals surface area contributed by atoms with Gasteiger partial charge < -0.3 is 24.4 Å². The summed E-state index contributed by atoms with van der Waals surface area (Å²) >= 11 is 0. The fourth-order valence-corrected chi connectivity index (χ4v) is 4.35. The molecule has 0 radical (unpaired) electrons. The number of amides is 2. The molecule has 0 bridgehead atoms. The molecule has 0 saturated carbocycles. The number of benzene rings is 1. The lowest BCUT2D eigenvalue weighted by Gasteiger charge is -2.31. The Hall–Kier alpha value is -3.14. The molecule has 3 atom stereocenters. The van der Waals surface area contributed by atoms with Gasteiger partial charge in [0.05, 0.1) is 6.04 Å². The number of hydrogen-bond donors (Lipinski definition) is 2. The van der Waals surface area contributed by atoms with Crippen molar-refractivity contribution in [3.8, 4) is 0 Å². The fraction of sp³-hybridized carbons (Fsp3) is 0.667. The third-order valence-corrected chi connectivity index (χ3v) is 6.13. The Labute approximate surface area is 238 Å². The van der Waals surface area contributed by atoms with Crippen LogP contribution in [0.3, 0.4) is 0 Å². The average molecular weight is 562 g/mol. The van der Waals surface area contributed by atoms with E-state index in [9.17, 15) is 19.2 Å². The van der Waals surface area contributed by atoms with E-state index in [-0.39, 0.29) is 12.5 Å². The molecule has 224 valence electrons. The van der Waals surface area contributed by atoms with E-state index in [0.717, 1.165) is 5.56 Å². The largest absolute Gasteiger partial charge is 0.459 e. The summed E-state index contributed by atoms with van der Waals surface area (Å²) in [6.45, 7) is 13.5. The van der Waals surface area contributed by atoms with Crippen molar-refractivity contribution >= 4 is 23.9 Å². The van der Waals surface area contributed by atoms with E-state index in [1.165, 1.54) is 0 Å². The summed E-state index contributed by atoms with van der Waals surface area (Å²) in [5, 5.41) is 5.85. The monoisotopic (exact) mass is 561 g/mol. The van der Waals surface area contributed by atoms with Crippen LogP contribution in [0, 0.1) is 0 Å². The minimum absolute atomic E-state index is 0.190. The number of carbonyl (C=O) groups is 4. The first-order chi connectivity index (χ1) is 18.7. The van der Waals surface area contributed by atoms with Crippen molar-refractivity contribution in [3.05, 3.63) is 35.9 Å². The Morgan fingerprint density at radius 1 is 0.975 bits per heavy atom. The maximum absolute atomic E-state index is 13.3. The highest BCUT2D eigenvalue weighted by Gasteiger charge is 2.39. The van der Waals surface area contributed by atoms with Crippen LogP contribution in [0.4, 0.5) is 4.79 Å². The molecule has 2 rings (SSSR count). The minimum atomic E-state index is -0.731. The number of nitrogens with zero attached hydrogens (tertiary/aromatic N) is 1. The first kappa shape index (κ1) is 33.1. The zero-order chi connectivity index (χ0) is 29.9. The van der Waals surface area contributed by atoms with Crippen molar-refractivity contribution < 1.29 is 33.4 Å². The molecule has 2 amide bonds. The predicted molar refractivity (Wildman–Crippen MR) is 151 cm³/mol. The van der Waals surface area contributed by atoms with Crippen molar-refractivity contribution in [2.75, 3.05) is 13.1 Å². The van der Waals surface area contributed by atoms with Crippen LogP contribution in [0.25, 0.3) is 0 Å². The summed E-state index contributed by atoms with van der Waals surface area (Å²) in [4.78, 5) is 52.5. The summed E-state index contributed by atoms with van der Waals surface area (Å²) in [7, 11) is 0. The Bertz CT molecular complexity index is 985. The number of carbonyl (C=O) groups excluding carboxylic acids is 4. The van der Waals surface area contributed by atoms with Crippen LogP contribution in [0.2, 0.25) is 0 Å². The molecular formula is C30H47N3O7. The van der Waals surface area contributed by atoms with Gasteiger partial charge in [-0.15, -0.1) is 0 Å². The molecule has 0 spiro atoms. The summed E-state index contributed by atoms with van der Waals surface area (Å²) in [5.74, 6) is -1.12. The molecule has 1 unspecified atom stereocenters. The Morgan fingerprint density at radius 3 is 2.25 bits per heavy atom. The molecule has 10 nitrogen and oxygen atoms in total. The summed E-state index contributed by atoms with van der Waals surface area (Å²) in [5.41, 5.74) is -0.433. The molecular weight excluding hydrogens is 514 g/mol. The molecule has 2 N–H and O–H groups in total. The van der Waals surface area contributed by atoms with Crippen molar-refractivity contribution in [2.24, 2.45) is 0 Å². The zero-order valence-corrected chi connectivity index (χ0v) is 25.1. The SMILES string of the molecule is C[C@H](NC(CCCCNC(=O)OCc1ccccc1)C(=O)OC(C)(C)C)C(=O)N1CCC[C@H]1C(=O)OC(C)(C)C. The molecule has 1 saturated heterocycles. The Morgan fingerprint density at radius 2 is 1.62 bits per heavy atom. The van der Waals surface area contributed by atoms with E-state index < -0.39 is 47.4 Å². The van der Waals surface area contributed by atoms with Gasteiger partial charge in [0, 0.05) is 13.1 Å². The topological polar surface area (TPSA) is 123 Å². The highest BCUT2D eigenvalue weighted by Crippen LogP contribution is 2.22. The summed E-state index contributed by atoms with van der Waals surface area (Å²) < 4.78 is 16.3. The van der Waals surface area contributed by atoms with Gasteiger partial charge in [-0.25, -0.2) is 9.59 Å². The molecule has 1 fully saturated rings. The number of nitrogens with one attached hydrogen (secondary N) is 2. The highest BCUT2D eigenvalue weighted by atomic mass is 16.6. The second kappa shape index (κ2) is 15.0. The summed E-state index contributed by atoms with van der Waals surface area (Å²) in [6.07, 6.45) is 2.36. The number of likely N-dealkylation sites (tertiary alicyclic amines) is 1. The van der Waals surface area contributed by atoms with Crippen LogP contribution >= 0.6 is 0 Å². The lowest BCUT2D eigenvalue weighted by atomic mass is 10.1. The normalized spacial score (nSPS) is 17.1. The van der Waals surface area contributed by atoms with Crippen molar-refractivity contribution in [1.29, 1.82) is 0 Å². The van der Waals surface area contributed by atoms with Crippen molar-refractivity contribution in [1.82, 2.24) is 15.5 Å². The van der Waals surface area contributed by atoms with Gasteiger partial charge in [-0.2, -0.15) is 0 Å². The van der Waals surface area contributed by atoms with Crippen LogP contribution in [-0.4, -0.2) is 71.3 Å². The third-order valence-electron chi connectivity index (χ3n) is 6.13. The minimum Gasteiger partial charge on any atom is -0.459 e. The van der Waals surface area contributed by atoms with E-state index >= 15 is 0 Å². The first-order valence-corrected chi connectivity index (χ1v) is 14.1. The lowest BCUT2D eigenvalue weighted by Crippen LogP contribution is -2.54. The molecule has 40 heavy (non-hydrogen) atoms. The van der Waals surface area contributed by atoms with Gasteiger partial charge >= 0.3 is 18.0 Å². The average Bonchev–Trinajstić information content (AvgIpc) is 3.35. The number of hydrogen-bond acceptors (Lipinski definition) is 8. The van der Waals surface area contributed by atoms with E-state index in [2.05, 4.69) is 10.6 Å². The van der Waals surface area contributed by atoms with Gasteiger partial charge in [0.2, 0.25) is 5.91 Å². The molecule has 1 aromatic rings. The van der Waals surface area contributed by atoms with E-state index in [1.54, 1.807) is 53.4 Å². The van der Waals surface area contributed by atoms with E-state index in [0.29, 0.717) is 45.2 Å². The van der Waals surface area contributed by atoms with Gasteiger partial charge in [0.1, 0.15) is 29.9 Å². The number of esters is 2. The van der Waals surface area contributed by atoms with Crippen LogP contribution < -0.4 is 10.6 Å². The van der Waals surface area contributed by atoms with Crippen LogP contribution in [0.5, 0.6) is 0 Å². The van der Waals surface area contributed by atoms with E-state index in [4.69, 9.17) is 14.2 Å². The van der Waals surface area contributed by atoms with Gasteiger partial charge in [-0.3, -0.25) is 14.9 Å². The quantitative estimate of drug-likeness (QED) is 0.222. The molecule has 10 heteroatoms. The number of rotatable bonds is 12. The second-order valence-electron chi connectivity index (χ2n) is 12.2. The highest BCUT2D eigenvalue weighted by molar-refractivity contribution is 5.88. The Balaban J connectivity index is 1.89. The van der Waals surface area contributed by atoms with Crippen LogP contribution in [-0.2, 0) is 35.2 Å². The zero-order valence-electron chi connectivity index (χ0n) is 25.1. The molecule has 1 heterocycles. The smallest absolute Gasteiger partial charge is 0.407 e. The van der Waals surface area contributed by atoms with Crippen LogP contribution in [0.15, 0.2) is 30.3 Å². The van der Waals surface area contributed by atoms with Gasteiger partial charge in [0.25, 0.3) is 0 Å². The number of alkyl carbamates (subject to hydrolysis) is 1. The summed E-state index contributed by atoms with van der Waals surface area (Å²) in [6, 6.07) is 7.33. The molecule has 1 aromatic carbocycles. The van der Waals surface area contributed by atoms with Crippen molar-refractivity contribution in [2.45, 2.75) is 117 Å². The van der Waals surface area contributed by atoms with Gasteiger partial charge in [0.15, 0.2) is 0 Å². The van der Waals surface area contributed by atoms with Crippen molar-refractivity contribution in [3.63, 3.8) is 0 Å². The van der Waals surface area contributed by atoms with Gasteiger partial charge in [-0.05, 0) is 86.1 Å². The molecule has 1 aliphatic rings. The van der Waals surface area contributed by atoms with E-state index in [1.807, 2.05) is 30.3 Å². The first-order valence-electron chi connectivity index (χ1n) is 14.1. The Kier molecular flexibility index (Phi) is 12.4. The lowest BCUT2D eigenvalue weighted by molar-refractivity contribution is -0.164. The second-order valence-corrected chi connectivity index (χ2v) is 12.2. The molecule has 1 aliphatic heterocycles. The number of ether oxygens (including phenoxy) is 3. The standard InChI is InChI=1S/C30H47N3O7/c1-21(25(34)33-19-13-17-24(33)27(36)40-30(5,6)7)32-23(26(35)39-29(2,3)4)16-11-12-18-31-28(37)38-20-22-14-9-8-10-15-22/h8-10,14-15,21,23-24,32H,11-13,16-20H2,1-7H3,(H,31,37)/t21-,23?,24-/m0/s1. The maximum atomic E-state index is 13.3. The maximum Gasteiger partial charge on any atom is 0.407 e.